The fourth-order valence-corrected chi connectivity index (χ4v) is 2.43. The standard InChI is InChI=1S/C15H10FN3O2/c1-21-10-5-11-13(7-17)19(9-3-2-4-18-8-9)15(20)14(11)12(16)6-10/h2-6,8,13H,1H3. The van der Waals surface area contributed by atoms with Gasteiger partial charge in [0.05, 0.1) is 30.6 Å². The van der Waals surface area contributed by atoms with Crippen molar-refractivity contribution >= 4 is 11.6 Å². The molecule has 0 radical (unpaired) electrons. The van der Waals surface area contributed by atoms with Gasteiger partial charge in [-0.05, 0) is 18.2 Å². The van der Waals surface area contributed by atoms with Crippen LogP contribution in [0.15, 0.2) is 36.7 Å². The van der Waals surface area contributed by atoms with Gasteiger partial charge in [0.25, 0.3) is 5.91 Å². The van der Waals surface area contributed by atoms with Gasteiger partial charge in [-0.15, -0.1) is 0 Å². The van der Waals surface area contributed by atoms with Crippen LogP contribution in [0.1, 0.15) is 22.0 Å². The van der Waals surface area contributed by atoms with E-state index in [1.165, 1.54) is 24.3 Å². The molecule has 6 heteroatoms. The summed E-state index contributed by atoms with van der Waals surface area (Å²) in [6.45, 7) is 0. The highest BCUT2D eigenvalue weighted by atomic mass is 19.1. The second-order valence-electron chi connectivity index (χ2n) is 4.49. The van der Waals surface area contributed by atoms with E-state index in [9.17, 15) is 14.4 Å². The van der Waals surface area contributed by atoms with Crippen LogP contribution < -0.4 is 9.64 Å². The number of fused-ring (bicyclic) bond motifs is 1. The van der Waals surface area contributed by atoms with Crippen LogP contribution in [-0.4, -0.2) is 18.0 Å². The fraction of sp³-hybridized carbons (Fsp3) is 0.133. The van der Waals surface area contributed by atoms with Gasteiger partial charge >= 0.3 is 0 Å². The van der Waals surface area contributed by atoms with Crippen molar-refractivity contribution in [2.45, 2.75) is 6.04 Å². The van der Waals surface area contributed by atoms with Crippen molar-refractivity contribution in [1.82, 2.24) is 4.98 Å². The number of aromatic nitrogens is 1. The highest BCUT2D eigenvalue weighted by Crippen LogP contribution is 2.39. The molecular formula is C15H10FN3O2. The number of pyridine rings is 1. The normalized spacial score (nSPS) is 16.5. The Labute approximate surface area is 120 Å². The van der Waals surface area contributed by atoms with Gasteiger partial charge in [-0.2, -0.15) is 5.26 Å². The van der Waals surface area contributed by atoms with Gasteiger partial charge in [-0.25, -0.2) is 4.39 Å². The molecule has 0 bridgehead atoms. The number of amides is 1. The van der Waals surface area contributed by atoms with Crippen molar-refractivity contribution in [3.05, 3.63) is 53.6 Å². The summed E-state index contributed by atoms with van der Waals surface area (Å²) in [5.41, 5.74) is 0.665. The average molecular weight is 283 g/mol. The summed E-state index contributed by atoms with van der Waals surface area (Å²) >= 11 is 0. The van der Waals surface area contributed by atoms with Gasteiger partial charge < -0.3 is 4.74 Å². The Bertz CT molecular complexity index is 756. The highest BCUT2D eigenvalue weighted by molar-refractivity contribution is 6.11. The maximum absolute atomic E-state index is 14.1. The van der Waals surface area contributed by atoms with E-state index in [-0.39, 0.29) is 11.3 Å². The van der Waals surface area contributed by atoms with Gasteiger partial charge in [0.2, 0.25) is 0 Å². The van der Waals surface area contributed by atoms with Gasteiger partial charge in [-0.1, -0.05) is 0 Å². The van der Waals surface area contributed by atoms with Crippen molar-refractivity contribution in [3.8, 4) is 11.8 Å². The van der Waals surface area contributed by atoms with Crippen LogP contribution in [-0.2, 0) is 0 Å². The monoisotopic (exact) mass is 283 g/mol. The molecule has 104 valence electrons. The second-order valence-corrected chi connectivity index (χ2v) is 4.49. The van der Waals surface area contributed by atoms with Gasteiger partial charge in [-0.3, -0.25) is 14.7 Å². The smallest absolute Gasteiger partial charge is 0.263 e. The molecule has 0 fully saturated rings. The molecule has 2 aromatic rings. The molecule has 0 aliphatic carbocycles. The first-order chi connectivity index (χ1) is 10.2. The van der Waals surface area contributed by atoms with E-state index >= 15 is 0 Å². The second kappa shape index (κ2) is 4.87. The van der Waals surface area contributed by atoms with Crippen molar-refractivity contribution in [1.29, 1.82) is 5.26 Å². The molecule has 1 unspecified atom stereocenters. The molecular weight excluding hydrogens is 273 g/mol. The summed E-state index contributed by atoms with van der Waals surface area (Å²) in [6, 6.07) is 7.08. The molecule has 3 rings (SSSR count). The molecule has 21 heavy (non-hydrogen) atoms. The molecule has 1 amide bonds. The number of ether oxygens (including phenoxy) is 1. The number of methoxy groups -OCH3 is 1. The Morgan fingerprint density at radius 2 is 2.29 bits per heavy atom. The number of nitrogens with zero attached hydrogens (tertiary/aromatic N) is 3. The Morgan fingerprint density at radius 3 is 2.90 bits per heavy atom. The van der Waals surface area contributed by atoms with Crippen molar-refractivity contribution in [2.75, 3.05) is 12.0 Å². The van der Waals surface area contributed by atoms with E-state index in [0.717, 1.165) is 6.07 Å². The minimum Gasteiger partial charge on any atom is -0.497 e. The largest absolute Gasteiger partial charge is 0.497 e. The molecule has 5 nitrogen and oxygen atoms in total. The van der Waals surface area contributed by atoms with Gasteiger partial charge in [0.15, 0.2) is 6.04 Å². The van der Waals surface area contributed by atoms with E-state index in [4.69, 9.17) is 4.74 Å². The molecule has 1 aromatic heterocycles. The molecule has 0 spiro atoms. The number of carbonyl (C=O) groups excluding carboxylic acids is 1. The molecule has 2 heterocycles. The third-order valence-electron chi connectivity index (χ3n) is 3.36. The number of anilines is 1. The maximum atomic E-state index is 14.1. The van der Waals surface area contributed by atoms with Crippen LogP contribution in [0.3, 0.4) is 0 Å². The van der Waals surface area contributed by atoms with E-state index in [0.29, 0.717) is 11.3 Å². The first-order valence-electron chi connectivity index (χ1n) is 6.18. The Kier molecular flexibility index (Phi) is 3.03. The lowest BCUT2D eigenvalue weighted by molar-refractivity contribution is 0.0991. The Hall–Kier alpha value is -2.94. The lowest BCUT2D eigenvalue weighted by Crippen LogP contribution is -2.27. The first-order valence-corrected chi connectivity index (χ1v) is 6.18. The van der Waals surface area contributed by atoms with Crippen LogP contribution in [0.2, 0.25) is 0 Å². The average Bonchev–Trinajstić information content (AvgIpc) is 2.80. The SMILES string of the molecule is COc1cc(F)c2c(c1)C(C#N)N(c1cccnc1)C2=O. The van der Waals surface area contributed by atoms with Crippen LogP contribution in [0.5, 0.6) is 5.75 Å². The number of benzene rings is 1. The van der Waals surface area contributed by atoms with Crippen LogP contribution in [0.4, 0.5) is 10.1 Å². The molecule has 1 atom stereocenters. The van der Waals surface area contributed by atoms with E-state index < -0.39 is 17.8 Å². The van der Waals surface area contributed by atoms with Crippen molar-refractivity contribution in [3.63, 3.8) is 0 Å². The third-order valence-corrected chi connectivity index (χ3v) is 3.36. The summed E-state index contributed by atoms with van der Waals surface area (Å²) < 4.78 is 19.1. The first kappa shape index (κ1) is 13.1. The predicted octanol–water partition coefficient (Wildman–Crippen LogP) is 2.45. The number of halogens is 1. The summed E-state index contributed by atoms with van der Waals surface area (Å²) in [4.78, 5) is 17.6. The van der Waals surface area contributed by atoms with Crippen molar-refractivity contribution < 1.29 is 13.9 Å². The van der Waals surface area contributed by atoms with Gasteiger partial charge in [0.1, 0.15) is 11.6 Å². The highest BCUT2D eigenvalue weighted by Gasteiger charge is 2.40. The third kappa shape index (κ3) is 1.91. The summed E-state index contributed by atoms with van der Waals surface area (Å²) in [6.07, 6.45) is 3.02. The summed E-state index contributed by atoms with van der Waals surface area (Å²) in [7, 11) is 1.40. The maximum Gasteiger partial charge on any atom is 0.263 e. The van der Waals surface area contributed by atoms with E-state index in [2.05, 4.69) is 4.98 Å². The van der Waals surface area contributed by atoms with E-state index in [1.807, 2.05) is 6.07 Å². The number of carbonyl (C=O) groups is 1. The molecule has 0 saturated carbocycles. The molecule has 0 N–H and O–H groups in total. The van der Waals surface area contributed by atoms with Crippen molar-refractivity contribution in [2.24, 2.45) is 0 Å². The quantitative estimate of drug-likeness (QED) is 0.849. The number of nitriles is 1. The minimum absolute atomic E-state index is 0.0915. The van der Waals surface area contributed by atoms with E-state index in [1.54, 1.807) is 18.3 Å². The molecule has 0 saturated heterocycles. The summed E-state index contributed by atoms with van der Waals surface area (Å²) in [5.74, 6) is -0.974. The van der Waals surface area contributed by atoms with Crippen LogP contribution >= 0.6 is 0 Å². The zero-order valence-corrected chi connectivity index (χ0v) is 11.1. The number of hydrogen-bond acceptors (Lipinski definition) is 4. The zero-order chi connectivity index (χ0) is 15.0. The molecule has 1 aliphatic heterocycles. The number of hydrogen-bond donors (Lipinski definition) is 0. The lowest BCUT2D eigenvalue weighted by atomic mass is 10.0. The topological polar surface area (TPSA) is 66.2 Å². The van der Waals surface area contributed by atoms with Gasteiger partial charge in [0, 0.05) is 17.8 Å². The summed E-state index contributed by atoms with van der Waals surface area (Å²) in [5, 5.41) is 9.39. The van der Waals surface area contributed by atoms with Crippen LogP contribution in [0.25, 0.3) is 0 Å². The Balaban J connectivity index is 2.19. The number of rotatable bonds is 2. The fourth-order valence-electron chi connectivity index (χ4n) is 2.43. The Morgan fingerprint density at radius 1 is 1.48 bits per heavy atom. The lowest BCUT2D eigenvalue weighted by Gasteiger charge is -2.19. The van der Waals surface area contributed by atoms with Crippen LogP contribution in [0, 0.1) is 17.1 Å². The predicted molar refractivity (Wildman–Crippen MR) is 72.4 cm³/mol. The minimum atomic E-state index is -0.902. The zero-order valence-electron chi connectivity index (χ0n) is 11.1. The molecule has 1 aromatic carbocycles. The molecule has 1 aliphatic rings.